The van der Waals surface area contributed by atoms with Crippen molar-refractivity contribution >= 4 is 27.4 Å². The summed E-state index contributed by atoms with van der Waals surface area (Å²) in [4.78, 5) is 19.5. The number of methoxy groups -OCH3 is 1. The Kier molecular flexibility index (Phi) is 6.65. The molecule has 4 aromatic heterocycles. The molecule has 0 spiro atoms. The van der Waals surface area contributed by atoms with E-state index in [4.69, 9.17) is 20.4 Å². The largest absolute Gasteiger partial charge is 0.481 e. The minimum Gasteiger partial charge on any atom is -0.481 e. The predicted octanol–water partition coefficient (Wildman–Crippen LogP) is 5.11. The van der Waals surface area contributed by atoms with Gasteiger partial charge >= 0.3 is 0 Å². The highest BCUT2D eigenvalue weighted by atomic mass is 32.1. The summed E-state index contributed by atoms with van der Waals surface area (Å²) in [5.41, 5.74) is 11.4. The molecule has 4 heterocycles. The Morgan fingerprint density at radius 3 is 2.57 bits per heavy atom. The van der Waals surface area contributed by atoms with Gasteiger partial charge in [-0.1, -0.05) is 30.3 Å². The van der Waals surface area contributed by atoms with Gasteiger partial charge in [-0.15, -0.1) is 11.3 Å². The smallest absolute Gasteiger partial charge is 0.221 e. The van der Waals surface area contributed by atoms with Gasteiger partial charge in [-0.25, -0.2) is 15.0 Å². The first-order valence-corrected chi connectivity index (χ1v) is 12.2. The van der Waals surface area contributed by atoms with E-state index >= 15 is 0 Å². The van der Waals surface area contributed by atoms with Gasteiger partial charge in [0, 0.05) is 52.7 Å². The lowest BCUT2D eigenvalue weighted by molar-refractivity contribution is 0.399. The molecule has 0 fully saturated rings. The van der Waals surface area contributed by atoms with E-state index in [0.29, 0.717) is 18.2 Å². The maximum Gasteiger partial charge on any atom is 0.221 e. The number of benzene rings is 1. The lowest BCUT2D eigenvalue weighted by atomic mass is 10.1. The number of aryl methyl sites for hydroxylation is 1. The number of nitrogens with zero attached hydrogens (tertiary/aromatic N) is 4. The molecule has 1 aromatic carbocycles. The number of nitrogens with two attached hydrogens (primary N) is 1. The first-order valence-electron chi connectivity index (χ1n) is 11.4. The summed E-state index contributed by atoms with van der Waals surface area (Å²) in [7, 11) is 1.63. The Hall–Kier alpha value is -3.88. The van der Waals surface area contributed by atoms with E-state index in [-0.39, 0.29) is 6.04 Å². The quantitative estimate of drug-likeness (QED) is 0.317. The van der Waals surface area contributed by atoms with Gasteiger partial charge in [0.05, 0.1) is 17.3 Å². The number of hydrogen-bond donors (Lipinski definition) is 2. The predicted molar refractivity (Wildman–Crippen MR) is 142 cm³/mol. The molecule has 176 valence electrons. The van der Waals surface area contributed by atoms with E-state index in [1.165, 1.54) is 5.56 Å². The Labute approximate surface area is 208 Å². The molecule has 0 saturated heterocycles. The first kappa shape index (κ1) is 22.9. The molecule has 7 nitrogen and oxygen atoms in total. The molecule has 35 heavy (non-hydrogen) atoms. The van der Waals surface area contributed by atoms with Crippen LogP contribution in [-0.4, -0.2) is 39.6 Å². The molecule has 1 unspecified atom stereocenters. The average Bonchev–Trinajstić information content (AvgIpc) is 3.23. The summed E-state index contributed by atoms with van der Waals surface area (Å²) in [6.45, 7) is 2.67. The lowest BCUT2D eigenvalue weighted by Crippen LogP contribution is -2.31. The molecule has 0 radical (unpaired) electrons. The number of aromatic nitrogens is 4. The molecule has 0 amide bonds. The van der Waals surface area contributed by atoms with Crippen LogP contribution >= 0.6 is 11.3 Å². The fraction of sp³-hybridized carbons (Fsp3) is 0.185. The highest BCUT2D eigenvalue weighted by molar-refractivity contribution is 7.20. The van der Waals surface area contributed by atoms with Crippen molar-refractivity contribution in [2.24, 2.45) is 5.73 Å². The Morgan fingerprint density at radius 1 is 1.00 bits per heavy atom. The number of pyridine rings is 2. The summed E-state index contributed by atoms with van der Waals surface area (Å²) in [5, 5.41) is 3.51. The highest BCUT2D eigenvalue weighted by Gasteiger charge is 2.21. The van der Waals surface area contributed by atoms with Crippen molar-refractivity contribution in [2.75, 3.05) is 19.0 Å². The van der Waals surface area contributed by atoms with E-state index in [9.17, 15) is 0 Å². The molecular formula is C27H26N6OS. The van der Waals surface area contributed by atoms with Gasteiger partial charge in [-0.05, 0) is 43.2 Å². The third-order valence-corrected chi connectivity index (χ3v) is 6.86. The molecule has 8 heteroatoms. The molecule has 5 rings (SSSR count). The van der Waals surface area contributed by atoms with Crippen molar-refractivity contribution in [3.05, 3.63) is 83.6 Å². The van der Waals surface area contributed by atoms with Gasteiger partial charge in [0.1, 0.15) is 5.82 Å². The second-order valence-corrected chi connectivity index (χ2v) is 9.46. The van der Waals surface area contributed by atoms with Crippen LogP contribution in [0.25, 0.3) is 32.7 Å². The van der Waals surface area contributed by atoms with Crippen LogP contribution in [0, 0.1) is 6.92 Å². The van der Waals surface area contributed by atoms with Crippen LogP contribution < -0.4 is 15.8 Å². The third-order valence-electron chi connectivity index (χ3n) is 5.75. The summed E-state index contributed by atoms with van der Waals surface area (Å²) in [5.74, 6) is 1.97. The second-order valence-electron chi connectivity index (χ2n) is 8.23. The van der Waals surface area contributed by atoms with E-state index in [0.717, 1.165) is 44.0 Å². The molecule has 1 atom stereocenters. The molecule has 5 aromatic rings. The zero-order chi connectivity index (χ0) is 24.2. The first-order chi connectivity index (χ1) is 17.1. The fourth-order valence-corrected chi connectivity index (χ4v) is 5.19. The minimum atomic E-state index is -0.0641. The fourth-order valence-electron chi connectivity index (χ4n) is 4.12. The molecule has 0 aliphatic heterocycles. The van der Waals surface area contributed by atoms with Gasteiger partial charge in [0.15, 0.2) is 5.82 Å². The number of hydrogen-bond acceptors (Lipinski definition) is 8. The Balaban J connectivity index is 1.57. The van der Waals surface area contributed by atoms with Crippen molar-refractivity contribution in [1.82, 2.24) is 19.9 Å². The monoisotopic (exact) mass is 482 g/mol. The van der Waals surface area contributed by atoms with Crippen LogP contribution in [0.3, 0.4) is 0 Å². The van der Waals surface area contributed by atoms with Crippen LogP contribution in [0.1, 0.15) is 10.4 Å². The Morgan fingerprint density at radius 2 is 1.80 bits per heavy atom. The number of nitrogens with one attached hydrogen (secondary N) is 1. The molecule has 0 bridgehead atoms. The maximum atomic E-state index is 6.48. The summed E-state index contributed by atoms with van der Waals surface area (Å²) >= 11 is 1.65. The van der Waals surface area contributed by atoms with Crippen molar-refractivity contribution < 1.29 is 4.74 Å². The molecule has 0 aliphatic carbocycles. The number of rotatable bonds is 8. The van der Waals surface area contributed by atoms with E-state index in [2.05, 4.69) is 34.3 Å². The van der Waals surface area contributed by atoms with E-state index in [1.807, 2.05) is 42.5 Å². The van der Waals surface area contributed by atoms with Gasteiger partial charge < -0.3 is 15.8 Å². The summed E-state index contributed by atoms with van der Waals surface area (Å²) in [6, 6.07) is 18.0. The minimum absolute atomic E-state index is 0.0641. The van der Waals surface area contributed by atoms with Gasteiger partial charge in [0.25, 0.3) is 0 Å². The zero-order valence-electron chi connectivity index (χ0n) is 19.6. The molecule has 0 saturated carbocycles. The highest BCUT2D eigenvalue weighted by Crippen LogP contribution is 2.43. The van der Waals surface area contributed by atoms with Crippen LogP contribution in [0.2, 0.25) is 0 Å². The van der Waals surface area contributed by atoms with E-state index < -0.39 is 0 Å². The molecule has 3 N–H and O–H groups in total. The van der Waals surface area contributed by atoms with Crippen molar-refractivity contribution in [3.63, 3.8) is 0 Å². The standard InChI is InChI=1S/C27H26N6OS/c1-17-22(21-9-6-12-30-27(21)34-2)23-24(35-17)26(33-25(32-23)19-10-13-29-14-11-19)31-16-20(28)15-18-7-4-3-5-8-18/h3-14,20H,15-16,28H2,1-2H3,(H,31,32,33). The van der Waals surface area contributed by atoms with Crippen molar-refractivity contribution in [2.45, 2.75) is 19.4 Å². The average molecular weight is 483 g/mol. The van der Waals surface area contributed by atoms with Crippen LogP contribution in [-0.2, 0) is 6.42 Å². The summed E-state index contributed by atoms with van der Waals surface area (Å²) in [6.07, 6.45) is 6.00. The summed E-state index contributed by atoms with van der Waals surface area (Å²) < 4.78 is 6.54. The lowest BCUT2D eigenvalue weighted by Gasteiger charge is -2.15. The Bertz CT molecular complexity index is 1440. The zero-order valence-corrected chi connectivity index (χ0v) is 20.4. The SMILES string of the molecule is COc1ncccc1-c1c(C)sc2c(NCC(N)Cc3ccccc3)nc(-c3ccncc3)nc12. The number of thiophene rings is 1. The van der Waals surface area contributed by atoms with Crippen LogP contribution in [0.4, 0.5) is 5.82 Å². The second kappa shape index (κ2) is 10.2. The maximum absolute atomic E-state index is 6.48. The molecule has 0 aliphatic rings. The van der Waals surface area contributed by atoms with Crippen molar-refractivity contribution in [3.8, 4) is 28.4 Å². The number of fused-ring (bicyclic) bond motifs is 1. The van der Waals surface area contributed by atoms with Gasteiger partial charge in [-0.2, -0.15) is 0 Å². The van der Waals surface area contributed by atoms with Crippen molar-refractivity contribution in [1.29, 1.82) is 0 Å². The van der Waals surface area contributed by atoms with Gasteiger partial charge in [-0.3, -0.25) is 4.98 Å². The van der Waals surface area contributed by atoms with E-state index in [1.54, 1.807) is 37.0 Å². The normalized spacial score (nSPS) is 12.0. The van der Waals surface area contributed by atoms with Crippen LogP contribution in [0.5, 0.6) is 5.88 Å². The topological polar surface area (TPSA) is 98.8 Å². The van der Waals surface area contributed by atoms with Crippen LogP contribution in [0.15, 0.2) is 73.2 Å². The van der Waals surface area contributed by atoms with Gasteiger partial charge in [0.2, 0.25) is 5.88 Å². The molecular weight excluding hydrogens is 456 g/mol. The third kappa shape index (κ3) is 4.84. The number of ether oxygens (including phenoxy) is 1. The number of anilines is 1.